The molecule has 2 heteroatoms. The molecule has 14 heavy (non-hydrogen) atoms. The number of Topliss-reactive ketones (excluding diaryl/α,β-unsaturated/α-hetero) is 1. The number of aromatic nitrogens is 1. The third-order valence-corrected chi connectivity index (χ3v) is 2.26. The van der Waals surface area contributed by atoms with Crippen molar-refractivity contribution in [1.82, 2.24) is 4.98 Å². The summed E-state index contributed by atoms with van der Waals surface area (Å²) < 4.78 is 0. The van der Waals surface area contributed by atoms with E-state index in [1.807, 2.05) is 6.20 Å². The van der Waals surface area contributed by atoms with E-state index >= 15 is 0 Å². The molecule has 76 valence electrons. The maximum atomic E-state index is 10.7. The van der Waals surface area contributed by atoms with Gasteiger partial charge in [-0.25, -0.2) is 0 Å². The van der Waals surface area contributed by atoms with Crippen molar-refractivity contribution in [3.8, 4) is 0 Å². The number of ketones is 1. The molecule has 0 N–H and O–H groups in total. The monoisotopic (exact) mass is 191 g/mol. The van der Waals surface area contributed by atoms with E-state index in [1.165, 1.54) is 5.56 Å². The molecule has 0 saturated carbocycles. The lowest BCUT2D eigenvalue weighted by molar-refractivity contribution is -0.117. The molecular weight excluding hydrogens is 174 g/mol. The molecule has 0 aliphatic heterocycles. The maximum Gasteiger partial charge on any atom is 0.129 e. The van der Waals surface area contributed by atoms with Crippen LogP contribution in [0, 0.1) is 0 Å². The van der Waals surface area contributed by atoms with Crippen LogP contribution < -0.4 is 0 Å². The van der Waals surface area contributed by atoms with Gasteiger partial charge in [-0.1, -0.05) is 13.0 Å². The first kappa shape index (κ1) is 10.9. The van der Waals surface area contributed by atoms with Gasteiger partial charge in [-0.15, -0.1) is 0 Å². The van der Waals surface area contributed by atoms with Gasteiger partial charge in [0.15, 0.2) is 0 Å². The summed E-state index contributed by atoms with van der Waals surface area (Å²) in [5.41, 5.74) is 2.35. The molecule has 2 nitrogen and oxygen atoms in total. The highest BCUT2D eigenvalue weighted by atomic mass is 16.1. The normalized spacial score (nSPS) is 10.1. The third kappa shape index (κ3) is 3.69. The van der Waals surface area contributed by atoms with Crippen molar-refractivity contribution in [2.45, 2.75) is 39.5 Å². The van der Waals surface area contributed by atoms with Gasteiger partial charge in [0.25, 0.3) is 0 Å². The van der Waals surface area contributed by atoms with Crippen molar-refractivity contribution in [2.75, 3.05) is 0 Å². The second-order valence-electron chi connectivity index (χ2n) is 3.57. The van der Waals surface area contributed by atoms with Crippen molar-refractivity contribution >= 4 is 5.78 Å². The smallest absolute Gasteiger partial charge is 0.129 e. The van der Waals surface area contributed by atoms with Crippen molar-refractivity contribution in [3.63, 3.8) is 0 Å². The molecule has 0 spiro atoms. The van der Waals surface area contributed by atoms with Crippen LogP contribution >= 0.6 is 0 Å². The summed E-state index contributed by atoms with van der Waals surface area (Å²) in [5, 5.41) is 0. The van der Waals surface area contributed by atoms with Crippen LogP contribution in [0.2, 0.25) is 0 Å². The van der Waals surface area contributed by atoms with Gasteiger partial charge in [0.2, 0.25) is 0 Å². The Morgan fingerprint density at radius 2 is 2.21 bits per heavy atom. The van der Waals surface area contributed by atoms with E-state index in [0.29, 0.717) is 6.42 Å². The lowest BCUT2D eigenvalue weighted by Gasteiger charge is -2.00. The van der Waals surface area contributed by atoms with Crippen molar-refractivity contribution < 1.29 is 4.79 Å². The zero-order valence-corrected chi connectivity index (χ0v) is 8.92. The van der Waals surface area contributed by atoms with Crippen molar-refractivity contribution in [1.29, 1.82) is 0 Å². The van der Waals surface area contributed by atoms with E-state index in [4.69, 9.17) is 0 Å². The van der Waals surface area contributed by atoms with E-state index in [2.05, 4.69) is 24.0 Å². The largest absolute Gasteiger partial charge is 0.300 e. The lowest BCUT2D eigenvalue weighted by Crippen LogP contribution is -1.95. The number of nitrogens with zero attached hydrogens (tertiary/aromatic N) is 1. The fourth-order valence-corrected chi connectivity index (χ4v) is 1.33. The Bertz CT molecular complexity index is 290. The summed E-state index contributed by atoms with van der Waals surface area (Å²) in [6.45, 7) is 3.75. The Balaban J connectivity index is 2.40. The predicted octanol–water partition coefficient (Wildman–Crippen LogP) is 2.56. The molecule has 1 aromatic heterocycles. The zero-order chi connectivity index (χ0) is 10.4. The van der Waals surface area contributed by atoms with Gasteiger partial charge in [-0.3, -0.25) is 4.98 Å². The van der Waals surface area contributed by atoms with Crippen molar-refractivity contribution in [2.24, 2.45) is 0 Å². The molecule has 0 aliphatic rings. The Kier molecular flexibility index (Phi) is 4.30. The van der Waals surface area contributed by atoms with Gasteiger partial charge in [0, 0.05) is 18.3 Å². The van der Waals surface area contributed by atoms with Gasteiger partial charge in [-0.05, 0) is 37.8 Å². The quantitative estimate of drug-likeness (QED) is 0.716. The van der Waals surface area contributed by atoms with Gasteiger partial charge in [-0.2, -0.15) is 0 Å². The number of aryl methyl sites for hydroxylation is 2. The molecule has 0 bridgehead atoms. The summed E-state index contributed by atoms with van der Waals surface area (Å²) in [6, 6.07) is 4.16. The van der Waals surface area contributed by atoms with Crippen LogP contribution in [-0.4, -0.2) is 10.8 Å². The second kappa shape index (κ2) is 5.53. The molecule has 0 radical (unpaired) electrons. The minimum Gasteiger partial charge on any atom is -0.300 e. The molecule has 1 heterocycles. The van der Waals surface area contributed by atoms with Crippen LogP contribution in [-0.2, 0) is 17.6 Å². The van der Waals surface area contributed by atoms with Gasteiger partial charge in [0.1, 0.15) is 5.78 Å². The van der Waals surface area contributed by atoms with E-state index in [-0.39, 0.29) is 5.78 Å². The zero-order valence-electron chi connectivity index (χ0n) is 8.92. The SMILES string of the molecule is CCc1ccc(CCCC(C)=O)nc1. The Hall–Kier alpha value is -1.18. The maximum absolute atomic E-state index is 10.7. The fourth-order valence-electron chi connectivity index (χ4n) is 1.33. The minimum atomic E-state index is 0.259. The third-order valence-electron chi connectivity index (χ3n) is 2.26. The second-order valence-corrected chi connectivity index (χ2v) is 3.57. The molecule has 0 saturated heterocycles. The Morgan fingerprint density at radius 3 is 2.71 bits per heavy atom. The van der Waals surface area contributed by atoms with Gasteiger partial charge in [0.05, 0.1) is 0 Å². The summed E-state index contributed by atoms with van der Waals surface area (Å²) in [6.07, 6.45) is 5.43. The van der Waals surface area contributed by atoms with Crippen LogP contribution in [0.15, 0.2) is 18.3 Å². The van der Waals surface area contributed by atoms with E-state index in [9.17, 15) is 4.79 Å². The number of rotatable bonds is 5. The summed E-state index contributed by atoms with van der Waals surface area (Å²) in [7, 11) is 0. The lowest BCUT2D eigenvalue weighted by atomic mass is 10.1. The minimum absolute atomic E-state index is 0.259. The highest BCUT2D eigenvalue weighted by Crippen LogP contribution is 2.05. The average Bonchev–Trinajstić information content (AvgIpc) is 2.18. The summed E-state index contributed by atoms with van der Waals surface area (Å²) >= 11 is 0. The van der Waals surface area contributed by atoms with E-state index in [0.717, 1.165) is 25.0 Å². The van der Waals surface area contributed by atoms with Gasteiger partial charge >= 0.3 is 0 Å². The molecule has 1 rings (SSSR count). The van der Waals surface area contributed by atoms with Crippen LogP contribution in [0.5, 0.6) is 0 Å². The summed E-state index contributed by atoms with van der Waals surface area (Å²) in [5.74, 6) is 0.259. The number of pyridine rings is 1. The Morgan fingerprint density at radius 1 is 1.43 bits per heavy atom. The molecular formula is C12H17NO. The van der Waals surface area contributed by atoms with Gasteiger partial charge < -0.3 is 4.79 Å². The molecule has 0 atom stereocenters. The van der Waals surface area contributed by atoms with Crippen LogP contribution in [0.1, 0.15) is 37.9 Å². The van der Waals surface area contributed by atoms with Crippen LogP contribution in [0.4, 0.5) is 0 Å². The first-order valence-electron chi connectivity index (χ1n) is 5.15. The van der Waals surface area contributed by atoms with E-state index < -0.39 is 0 Å². The number of hydrogen-bond acceptors (Lipinski definition) is 2. The summed E-state index contributed by atoms with van der Waals surface area (Å²) in [4.78, 5) is 15.0. The number of carbonyl (C=O) groups excluding carboxylic acids is 1. The topological polar surface area (TPSA) is 30.0 Å². The predicted molar refractivity (Wildman–Crippen MR) is 57.2 cm³/mol. The first-order chi connectivity index (χ1) is 6.72. The molecule has 0 unspecified atom stereocenters. The van der Waals surface area contributed by atoms with Crippen molar-refractivity contribution in [3.05, 3.63) is 29.6 Å². The standard InChI is InChI=1S/C12H17NO/c1-3-11-7-8-12(13-9-11)6-4-5-10(2)14/h7-9H,3-6H2,1-2H3. The highest BCUT2D eigenvalue weighted by molar-refractivity contribution is 5.75. The molecule has 1 aromatic rings. The number of carbonyl (C=O) groups is 1. The molecule has 0 aliphatic carbocycles. The average molecular weight is 191 g/mol. The Labute approximate surface area is 85.4 Å². The van der Waals surface area contributed by atoms with E-state index in [1.54, 1.807) is 6.92 Å². The van der Waals surface area contributed by atoms with Crippen LogP contribution in [0.25, 0.3) is 0 Å². The highest BCUT2D eigenvalue weighted by Gasteiger charge is 1.97. The number of hydrogen-bond donors (Lipinski definition) is 0. The molecule has 0 aromatic carbocycles. The molecule has 0 amide bonds. The fraction of sp³-hybridized carbons (Fsp3) is 0.500. The van der Waals surface area contributed by atoms with Crippen LogP contribution in [0.3, 0.4) is 0 Å². The molecule has 0 fully saturated rings. The first-order valence-corrected chi connectivity index (χ1v) is 5.15.